The van der Waals surface area contributed by atoms with Crippen LogP contribution in [0.5, 0.6) is 0 Å². The van der Waals surface area contributed by atoms with E-state index in [1.165, 1.54) is 12.1 Å². The summed E-state index contributed by atoms with van der Waals surface area (Å²) in [5.74, 6) is -0.184. The van der Waals surface area contributed by atoms with Gasteiger partial charge in [0.25, 0.3) is 5.69 Å². The molecule has 1 N–H and O–H groups in total. The van der Waals surface area contributed by atoms with Gasteiger partial charge in [-0.2, -0.15) is 0 Å². The van der Waals surface area contributed by atoms with Crippen LogP contribution in [-0.2, 0) is 11.3 Å². The van der Waals surface area contributed by atoms with Crippen molar-refractivity contribution in [3.63, 3.8) is 0 Å². The summed E-state index contributed by atoms with van der Waals surface area (Å²) >= 11 is 0. The van der Waals surface area contributed by atoms with E-state index in [0.717, 1.165) is 17.7 Å². The van der Waals surface area contributed by atoms with Crippen LogP contribution in [0, 0.1) is 17.0 Å². The van der Waals surface area contributed by atoms with E-state index in [2.05, 4.69) is 5.32 Å². The minimum absolute atomic E-state index is 0.0347. The molecule has 1 amide bonds. The number of carbonyl (C=O) groups excluding carboxylic acids is 1. The Kier molecular flexibility index (Phi) is 6.03. The molecule has 0 aromatic heterocycles. The molecule has 0 saturated heterocycles. The summed E-state index contributed by atoms with van der Waals surface area (Å²) in [5, 5.41) is 13.6. The van der Waals surface area contributed by atoms with E-state index in [1.807, 2.05) is 42.2 Å². The summed E-state index contributed by atoms with van der Waals surface area (Å²) < 4.78 is 0. The Morgan fingerprint density at radius 1 is 1.21 bits per heavy atom. The van der Waals surface area contributed by atoms with Crippen LogP contribution in [-0.4, -0.2) is 28.8 Å². The van der Waals surface area contributed by atoms with Crippen molar-refractivity contribution in [2.24, 2.45) is 0 Å². The molecular weight excluding hydrogens is 306 g/mol. The van der Waals surface area contributed by atoms with Gasteiger partial charge in [-0.3, -0.25) is 19.8 Å². The first-order chi connectivity index (χ1) is 11.5. The van der Waals surface area contributed by atoms with Crippen molar-refractivity contribution >= 4 is 17.3 Å². The van der Waals surface area contributed by atoms with E-state index in [9.17, 15) is 14.9 Å². The van der Waals surface area contributed by atoms with Gasteiger partial charge >= 0.3 is 0 Å². The number of amides is 1. The normalized spacial score (nSPS) is 10.6. The van der Waals surface area contributed by atoms with Crippen molar-refractivity contribution < 1.29 is 9.72 Å². The zero-order valence-corrected chi connectivity index (χ0v) is 13.9. The van der Waals surface area contributed by atoms with Crippen molar-refractivity contribution in [3.8, 4) is 0 Å². The number of aryl methyl sites for hydroxylation is 1. The quantitative estimate of drug-likeness (QED) is 0.625. The monoisotopic (exact) mass is 327 g/mol. The van der Waals surface area contributed by atoms with Gasteiger partial charge in [-0.1, -0.05) is 43.3 Å². The first-order valence-electron chi connectivity index (χ1n) is 7.80. The second-order valence-corrected chi connectivity index (χ2v) is 5.59. The topological polar surface area (TPSA) is 75.5 Å². The highest BCUT2D eigenvalue weighted by Gasteiger charge is 2.13. The number of nitro benzene ring substituents is 1. The summed E-state index contributed by atoms with van der Waals surface area (Å²) in [5.41, 5.74) is 2.37. The number of hydrogen-bond acceptors (Lipinski definition) is 4. The van der Waals surface area contributed by atoms with Crippen molar-refractivity contribution in [3.05, 3.63) is 69.8 Å². The Hall–Kier alpha value is -2.73. The molecule has 2 aromatic carbocycles. The highest BCUT2D eigenvalue weighted by molar-refractivity contribution is 5.93. The second-order valence-electron chi connectivity index (χ2n) is 5.59. The molecule has 0 aliphatic heterocycles. The molecule has 2 aromatic rings. The van der Waals surface area contributed by atoms with Crippen LogP contribution in [0.4, 0.5) is 11.4 Å². The Morgan fingerprint density at radius 2 is 1.92 bits per heavy atom. The molecule has 6 heteroatoms. The standard InChI is InChI=1S/C18H21N3O3/c1-3-20(12-15-7-5-4-6-8-15)13-18(22)19-17-11-16(21(23)24)10-9-14(17)2/h4-11H,3,12-13H2,1-2H3,(H,19,22). The van der Waals surface area contributed by atoms with E-state index in [1.54, 1.807) is 13.0 Å². The fraction of sp³-hybridized carbons (Fsp3) is 0.278. The summed E-state index contributed by atoms with van der Waals surface area (Å²) in [6, 6.07) is 14.4. The number of hydrogen-bond donors (Lipinski definition) is 1. The molecule has 24 heavy (non-hydrogen) atoms. The Labute approximate surface area is 141 Å². The average Bonchev–Trinajstić information content (AvgIpc) is 2.57. The largest absolute Gasteiger partial charge is 0.324 e. The first kappa shape index (κ1) is 17.6. The number of nitro groups is 1. The molecule has 0 bridgehead atoms. The van der Waals surface area contributed by atoms with Crippen LogP contribution in [0.3, 0.4) is 0 Å². The smallest absolute Gasteiger partial charge is 0.271 e. The molecule has 0 heterocycles. The van der Waals surface area contributed by atoms with Gasteiger partial charge in [0.05, 0.1) is 17.2 Å². The average molecular weight is 327 g/mol. The molecule has 0 saturated carbocycles. The summed E-state index contributed by atoms with van der Waals surface area (Å²) in [6.45, 7) is 5.44. The maximum absolute atomic E-state index is 12.3. The van der Waals surface area contributed by atoms with E-state index < -0.39 is 4.92 Å². The number of rotatable bonds is 7. The molecule has 0 aliphatic rings. The van der Waals surface area contributed by atoms with Gasteiger partial charge in [0.1, 0.15) is 0 Å². The van der Waals surface area contributed by atoms with Crippen LogP contribution in [0.15, 0.2) is 48.5 Å². The fourth-order valence-electron chi connectivity index (χ4n) is 2.37. The lowest BCUT2D eigenvalue weighted by molar-refractivity contribution is -0.384. The molecule has 126 valence electrons. The number of carbonyl (C=O) groups is 1. The molecule has 0 unspecified atom stereocenters. The van der Waals surface area contributed by atoms with Gasteiger partial charge in [0.2, 0.25) is 5.91 Å². The molecule has 6 nitrogen and oxygen atoms in total. The maximum atomic E-state index is 12.3. The molecule has 0 spiro atoms. The van der Waals surface area contributed by atoms with Crippen LogP contribution < -0.4 is 5.32 Å². The van der Waals surface area contributed by atoms with E-state index in [-0.39, 0.29) is 18.1 Å². The van der Waals surface area contributed by atoms with E-state index >= 15 is 0 Å². The molecule has 0 aliphatic carbocycles. The van der Waals surface area contributed by atoms with E-state index in [0.29, 0.717) is 12.2 Å². The Balaban J connectivity index is 2.01. The van der Waals surface area contributed by atoms with Gasteiger partial charge in [-0.05, 0) is 24.6 Å². The maximum Gasteiger partial charge on any atom is 0.271 e. The lowest BCUT2D eigenvalue weighted by atomic mass is 10.2. The number of non-ortho nitro benzene ring substituents is 1. The fourth-order valence-corrected chi connectivity index (χ4v) is 2.37. The third-order valence-electron chi connectivity index (χ3n) is 3.77. The van der Waals surface area contributed by atoms with Crippen LogP contribution in [0.2, 0.25) is 0 Å². The summed E-state index contributed by atoms with van der Waals surface area (Å²) in [6.07, 6.45) is 0. The SMILES string of the molecule is CCN(CC(=O)Nc1cc([N+](=O)[O-])ccc1C)Cc1ccccc1. The molecule has 0 atom stereocenters. The van der Waals surface area contributed by atoms with Crippen molar-refractivity contribution in [2.75, 3.05) is 18.4 Å². The number of nitrogens with zero attached hydrogens (tertiary/aromatic N) is 2. The zero-order chi connectivity index (χ0) is 17.5. The molecule has 2 rings (SSSR count). The lowest BCUT2D eigenvalue weighted by Crippen LogP contribution is -2.32. The number of likely N-dealkylation sites (N-methyl/N-ethyl adjacent to an activating group) is 1. The third-order valence-corrected chi connectivity index (χ3v) is 3.77. The lowest BCUT2D eigenvalue weighted by Gasteiger charge is -2.20. The Morgan fingerprint density at radius 3 is 2.54 bits per heavy atom. The Bertz CT molecular complexity index is 717. The van der Waals surface area contributed by atoms with E-state index in [4.69, 9.17) is 0 Å². The summed E-state index contributed by atoms with van der Waals surface area (Å²) in [4.78, 5) is 24.7. The third kappa shape index (κ3) is 4.89. The van der Waals surface area contributed by atoms with Crippen LogP contribution >= 0.6 is 0 Å². The van der Waals surface area contributed by atoms with Crippen LogP contribution in [0.25, 0.3) is 0 Å². The number of benzene rings is 2. The first-order valence-corrected chi connectivity index (χ1v) is 7.80. The minimum atomic E-state index is -0.469. The summed E-state index contributed by atoms with van der Waals surface area (Å²) in [7, 11) is 0. The van der Waals surface area contributed by atoms with Crippen LogP contribution in [0.1, 0.15) is 18.1 Å². The molecule has 0 fully saturated rings. The molecular formula is C18H21N3O3. The highest BCUT2D eigenvalue weighted by atomic mass is 16.6. The van der Waals surface area contributed by atoms with Crippen molar-refractivity contribution in [2.45, 2.75) is 20.4 Å². The number of nitrogens with one attached hydrogen (secondary N) is 1. The van der Waals surface area contributed by atoms with Crippen molar-refractivity contribution in [1.82, 2.24) is 4.90 Å². The molecule has 0 radical (unpaired) electrons. The minimum Gasteiger partial charge on any atom is -0.324 e. The zero-order valence-electron chi connectivity index (χ0n) is 13.9. The van der Waals surface area contributed by atoms with Gasteiger partial charge < -0.3 is 5.32 Å². The van der Waals surface area contributed by atoms with Gasteiger partial charge in [0, 0.05) is 18.7 Å². The highest BCUT2D eigenvalue weighted by Crippen LogP contribution is 2.21. The number of anilines is 1. The van der Waals surface area contributed by atoms with Gasteiger partial charge in [-0.25, -0.2) is 0 Å². The van der Waals surface area contributed by atoms with Gasteiger partial charge in [0.15, 0.2) is 0 Å². The van der Waals surface area contributed by atoms with Gasteiger partial charge in [-0.15, -0.1) is 0 Å². The predicted molar refractivity (Wildman–Crippen MR) is 93.9 cm³/mol. The second kappa shape index (κ2) is 8.21. The predicted octanol–water partition coefficient (Wildman–Crippen LogP) is 3.36. The van der Waals surface area contributed by atoms with Crippen molar-refractivity contribution in [1.29, 1.82) is 0 Å².